The lowest BCUT2D eigenvalue weighted by Crippen LogP contribution is -2.38. The summed E-state index contributed by atoms with van der Waals surface area (Å²) >= 11 is 0. The second-order valence-electron chi connectivity index (χ2n) is 6.26. The smallest absolute Gasteiger partial charge is 0.337 e. The third-order valence-corrected chi connectivity index (χ3v) is 4.22. The lowest BCUT2D eigenvalue weighted by Gasteiger charge is -2.19. The highest BCUT2D eigenvalue weighted by atomic mass is 19.4. The van der Waals surface area contributed by atoms with Gasteiger partial charge in [0.2, 0.25) is 0 Å². The molecule has 0 aromatic heterocycles. The van der Waals surface area contributed by atoms with Crippen molar-refractivity contribution in [2.45, 2.75) is 12.2 Å². The van der Waals surface area contributed by atoms with Crippen molar-refractivity contribution in [1.82, 2.24) is 5.32 Å². The molecule has 0 aliphatic rings. The molecule has 0 saturated heterocycles. The van der Waals surface area contributed by atoms with Crippen LogP contribution < -0.4 is 10.6 Å². The van der Waals surface area contributed by atoms with Gasteiger partial charge in [-0.05, 0) is 35.4 Å². The molecule has 3 aromatic carbocycles. The summed E-state index contributed by atoms with van der Waals surface area (Å²) in [6.45, 7) is 0. The fraction of sp³-hybridized carbons (Fsp3) is 0.0909. The monoisotopic (exact) mass is 398 g/mol. The first-order valence-corrected chi connectivity index (χ1v) is 8.73. The zero-order valence-electron chi connectivity index (χ0n) is 15.1. The highest BCUT2D eigenvalue weighted by Gasteiger charge is 2.30. The molecule has 2 amide bonds. The van der Waals surface area contributed by atoms with Gasteiger partial charge < -0.3 is 10.6 Å². The van der Waals surface area contributed by atoms with Crippen molar-refractivity contribution in [3.8, 4) is 0 Å². The zero-order valence-corrected chi connectivity index (χ0v) is 15.1. The Morgan fingerprint density at radius 1 is 0.690 bits per heavy atom. The highest BCUT2D eigenvalue weighted by molar-refractivity contribution is 6.39. The van der Waals surface area contributed by atoms with Gasteiger partial charge in [0.05, 0.1) is 11.6 Å². The Bertz CT molecular complexity index is 933. The van der Waals surface area contributed by atoms with Gasteiger partial charge in [0.15, 0.2) is 0 Å². The number of anilines is 1. The van der Waals surface area contributed by atoms with Crippen molar-refractivity contribution in [2.24, 2.45) is 0 Å². The third kappa shape index (κ3) is 5.22. The van der Waals surface area contributed by atoms with Gasteiger partial charge >= 0.3 is 18.0 Å². The number of carbonyl (C=O) groups excluding carboxylic acids is 2. The maximum Gasteiger partial charge on any atom is 0.416 e. The molecule has 29 heavy (non-hydrogen) atoms. The van der Waals surface area contributed by atoms with Crippen LogP contribution in [0.2, 0.25) is 0 Å². The standard InChI is InChI=1S/C22H17F3N2O2/c23-22(24,25)17-11-13-18(14-12-17)26-20(28)21(29)27-19(15-7-3-1-4-8-15)16-9-5-2-6-10-16/h1-14,19H,(H,26,28)(H,27,29). The van der Waals surface area contributed by atoms with Crippen LogP contribution in [0.1, 0.15) is 22.7 Å². The summed E-state index contributed by atoms with van der Waals surface area (Å²) in [5.74, 6) is -1.87. The second kappa shape index (κ2) is 8.60. The number of hydrogen-bond acceptors (Lipinski definition) is 2. The quantitative estimate of drug-likeness (QED) is 0.634. The van der Waals surface area contributed by atoms with E-state index in [1.807, 2.05) is 60.7 Å². The number of nitrogens with one attached hydrogen (secondary N) is 2. The first-order valence-electron chi connectivity index (χ1n) is 8.73. The molecule has 0 saturated carbocycles. The Labute approximate surface area is 165 Å². The molecule has 0 atom stereocenters. The number of hydrogen-bond donors (Lipinski definition) is 2. The van der Waals surface area contributed by atoms with Gasteiger partial charge in [-0.3, -0.25) is 9.59 Å². The summed E-state index contributed by atoms with van der Waals surface area (Å²) in [6.07, 6.45) is -4.47. The van der Waals surface area contributed by atoms with E-state index in [1.165, 1.54) is 0 Å². The molecule has 0 heterocycles. The molecule has 0 fully saturated rings. The average Bonchev–Trinajstić information content (AvgIpc) is 2.73. The summed E-state index contributed by atoms with van der Waals surface area (Å²) in [5.41, 5.74) is 0.825. The summed E-state index contributed by atoms with van der Waals surface area (Å²) in [4.78, 5) is 24.7. The molecule has 0 aliphatic carbocycles. The largest absolute Gasteiger partial charge is 0.416 e. The summed E-state index contributed by atoms with van der Waals surface area (Å²) in [6, 6.07) is 21.6. The predicted molar refractivity (Wildman–Crippen MR) is 103 cm³/mol. The van der Waals surface area contributed by atoms with E-state index in [1.54, 1.807) is 0 Å². The predicted octanol–water partition coefficient (Wildman–Crippen LogP) is 4.55. The topological polar surface area (TPSA) is 58.2 Å². The van der Waals surface area contributed by atoms with Crippen molar-refractivity contribution in [3.05, 3.63) is 102 Å². The van der Waals surface area contributed by atoms with E-state index in [4.69, 9.17) is 0 Å². The van der Waals surface area contributed by atoms with E-state index in [0.717, 1.165) is 35.4 Å². The van der Waals surface area contributed by atoms with Crippen LogP contribution in [-0.4, -0.2) is 11.8 Å². The number of alkyl halides is 3. The second-order valence-corrected chi connectivity index (χ2v) is 6.26. The lowest BCUT2D eigenvalue weighted by molar-refractivity contribution is -0.137. The minimum atomic E-state index is -4.47. The van der Waals surface area contributed by atoms with E-state index < -0.39 is 29.6 Å². The molecule has 7 heteroatoms. The van der Waals surface area contributed by atoms with E-state index in [-0.39, 0.29) is 5.69 Å². The Kier molecular flexibility index (Phi) is 5.97. The normalized spacial score (nSPS) is 11.2. The van der Waals surface area contributed by atoms with Crippen molar-refractivity contribution in [2.75, 3.05) is 5.32 Å². The zero-order chi connectivity index (χ0) is 20.9. The fourth-order valence-corrected chi connectivity index (χ4v) is 2.78. The Morgan fingerprint density at radius 3 is 1.62 bits per heavy atom. The Hall–Kier alpha value is -3.61. The maximum absolute atomic E-state index is 12.6. The fourth-order valence-electron chi connectivity index (χ4n) is 2.78. The van der Waals surface area contributed by atoms with Crippen LogP contribution in [0.5, 0.6) is 0 Å². The maximum atomic E-state index is 12.6. The van der Waals surface area contributed by atoms with Crippen LogP contribution in [0.15, 0.2) is 84.9 Å². The van der Waals surface area contributed by atoms with Crippen molar-refractivity contribution in [1.29, 1.82) is 0 Å². The van der Waals surface area contributed by atoms with Crippen molar-refractivity contribution >= 4 is 17.5 Å². The van der Waals surface area contributed by atoms with Crippen LogP contribution in [-0.2, 0) is 15.8 Å². The average molecular weight is 398 g/mol. The van der Waals surface area contributed by atoms with E-state index in [9.17, 15) is 22.8 Å². The molecule has 4 nitrogen and oxygen atoms in total. The summed E-state index contributed by atoms with van der Waals surface area (Å²) in [7, 11) is 0. The molecular weight excluding hydrogens is 381 g/mol. The molecule has 3 aromatic rings. The molecule has 0 aliphatic heterocycles. The number of halogens is 3. The number of amides is 2. The molecule has 3 rings (SSSR count). The SMILES string of the molecule is O=C(Nc1ccc(C(F)(F)F)cc1)C(=O)NC(c1ccccc1)c1ccccc1. The molecule has 0 spiro atoms. The number of benzene rings is 3. The molecular formula is C22H17F3N2O2. The molecule has 148 valence electrons. The van der Waals surface area contributed by atoms with Gasteiger partial charge in [0, 0.05) is 5.69 Å². The first-order chi connectivity index (χ1) is 13.8. The van der Waals surface area contributed by atoms with Gasteiger partial charge in [-0.15, -0.1) is 0 Å². The van der Waals surface area contributed by atoms with E-state index in [2.05, 4.69) is 10.6 Å². The third-order valence-electron chi connectivity index (χ3n) is 4.22. The Morgan fingerprint density at radius 2 is 1.17 bits per heavy atom. The van der Waals surface area contributed by atoms with Crippen LogP contribution >= 0.6 is 0 Å². The van der Waals surface area contributed by atoms with Crippen LogP contribution in [0.25, 0.3) is 0 Å². The molecule has 0 bridgehead atoms. The summed E-state index contributed by atoms with van der Waals surface area (Å²) in [5, 5.41) is 4.98. The van der Waals surface area contributed by atoms with Crippen LogP contribution in [0.4, 0.5) is 18.9 Å². The van der Waals surface area contributed by atoms with Crippen LogP contribution in [0.3, 0.4) is 0 Å². The lowest BCUT2D eigenvalue weighted by atomic mass is 9.99. The van der Waals surface area contributed by atoms with Crippen molar-refractivity contribution < 1.29 is 22.8 Å². The van der Waals surface area contributed by atoms with Gasteiger partial charge in [-0.1, -0.05) is 60.7 Å². The minimum Gasteiger partial charge on any atom is -0.337 e. The minimum absolute atomic E-state index is 0.0918. The summed E-state index contributed by atoms with van der Waals surface area (Å²) < 4.78 is 37.9. The number of rotatable bonds is 4. The van der Waals surface area contributed by atoms with Gasteiger partial charge in [0.25, 0.3) is 0 Å². The Balaban J connectivity index is 1.73. The molecule has 0 unspecified atom stereocenters. The first kappa shape index (κ1) is 20.1. The van der Waals surface area contributed by atoms with E-state index >= 15 is 0 Å². The van der Waals surface area contributed by atoms with Gasteiger partial charge in [0.1, 0.15) is 0 Å². The van der Waals surface area contributed by atoms with E-state index in [0.29, 0.717) is 0 Å². The van der Waals surface area contributed by atoms with Crippen molar-refractivity contribution in [3.63, 3.8) is 0 Å². The van der Waals surface area contributed by atoms with Gasteiger partial charge in [-0.2, -0.15) is 13.2 Å². The molecule has 0 radical (unpaired) electrons. The van der Waals surface area contributed by atoms with Gasteiger partial charge in [-0.25, -0.2) is 0 Å². The van der Waals surface area contributed by atoms with Crippen LogP contribution in [0, 0.1) is 0 Å². The number of carbonyl (C=O) groups is 2. The highest BCUT2D eigenvalue weighted by Crippen LogP contribution is 2.29. The molecule has 2 N–H and O–H groups in total.